The van der Waals surface area contributed by atoms with Crippen LogP contribution in [0.25, 0.3) is 0 Å². The average molecular weight is 353 g/mol. The van der Waals surface area contributed by atoms with Gasteiger partial charge in [-0.15, -0.1) is 11.6 Å². The van der Waals surface area contributed by atoms with Crippen LogP contribution in [0.3, 0.4) is 0 Å². The van der Waals surface area contributed by atoms with Gasteiger partial charge >= 0.3 is 0 Å². The van der Waals surface area contributed by atoms with Crippen LogP contribution in [0.5, 0.6) is 0 Å². The first-order valence-corrected chi connectivity index (χ1v) is 8.80. The summed E-state index contributed by atoms with van der Waals surface area (Å²) >= 11 is 11.6. The zero-order valence-corrected chi connectivity index (χ0v) is 14.4. The summed E-state index contributed by atoms with van der Waals surface area (Å²) in [7, 11) is -0.347. The van der Waals surface area contributed by atoms with E-state index in [2.05, 4.69) is 4.72 Å². The first-order valence-electron chi connectivity index (χ1n) is 6.24. The Kier molecular flexibility index (Phi) is 6.31. The number of halogens is 2. The second-order valence-electron chi connectivity index (χ2n) is 5.04. The SMILES string of the molecule is CC(CCl)CS(=O)(=O)Nc1cc(C(=O)N(C)C)ccc1Cl. The molecule has 21 heavy (non-hydrogen) atoms. The molecule has 1 N–H and O–H groups in total. The number of carbonyl (C=O) groups is 1. The molecule has 0 radical (unpaired) electrons. The Labute approximate surface area is 135 Å². The smallest absolute Gasteiger partial charge is 0.253 e. The van der Waals surface area contributed by atoms with Crippen molar-refractivity contribution in [1.29, 1.82) is 0 Å². The van der Waals surface area contributed by atoms with E-state index in [0.717, 1.165) is 0 Å². The van der Waals surface area contributed by atoms with Crippen LogP contribution >= 0.6 is 23.2 Å². The Morgan fingerprint density at radius 2 is 2.00 bits per heavy atom. The molecule has 5 nitrogen and oxygen atoms in total. The number of sulfonamides is 1. The molecule has 1 unspecified atom stereocenters. The van der Waals surface area contributed by atoms with Crippen molar-refractivity contribution in [2.45, 2.75) is 6.92 Å². The third-order valence-corrected chi connectivity index (χ3v) is 5.05. The molecule has 118 valence electrons. The van der Waals surface area contributed by atoms with Gasteiger partial charge in [-0.25, -0.2) is 8.42 Å². The van der Waals surface area contributed by atoms with Gasteiger partial charge in [0.2, 0.25) is 10.0 Å². The number of amides is 1. The fourth-order valence-electron chi connectivity index (χ4n) is 1.62. The maximum absolute atomic E-state index is 12.0. The van der Waals surface area contributed by atoms with Crippen LogP contribution in [0.2, 0.25) is 5.02 Å². The fraction of sp³-hybridized carbons (Fsp3) is 0.462. The van der Waals surface area contributed by atoms with E-state index in [0.29, 0.717) is 5.56 Å². The van der Waals surface area contributed by atoms with Gasteiger partial charge in [0.05, 0.1) is 16.5 Å². The van der Waals surface area contributed by atoms with Gasteiger partial charge in [-0.1, -0.05) is 18.5 Å². The Hall–Kier alpha value is -0.980. The van der Waals surface area contributed by atoms with Gasteiger partial charge in [0.15, 0.2) is 0 Å². The molecule has 0 heterocycles. The van der Waals surface area contributed by atoms with Crippen molar-refractivity contribution in [3.63, 3.8) is 0 Å². The van der Waals surface area contributed by atoms with Gasteiger partial charge in [-0.05, 0) is 24.1 Å². The summed E-state index contributed by atoms with van der Waals surface area (Å²) in [5.41, 5.74) is 0.540. The lowest BCUT2D eigenvalue weighted by Crippen LogP contribution is -2.24. The fourth-order valence-corrected chi connectivity index (χ4v) is 3.54. The molecule has 1 rings (SSSR count). The molecule has 0 saturated carbocycles. The maximum Gasteiger partial charge on any atom is 0.253 e. The van der Waals surface area contributed by atoms with Crippen LogP contribution in [0.1, 0.15) is 17.3 Å². The van der Waals surface area contributed by atoms with E-state index < -0.39 is 10.0 Å². The molecule has 0 aromatic heterocycles. The highest BCUT2D eigenvalue weighted by Gasteiger charge is 2.18. The molecule has 8 heteroatoms. The number of nitrogens with one attached hydrogen (secondary N) is 1. The monoisotopic (exact) mass is 352 g/mol. The molecule has 1 aromatic carbocycles. The van der Waals surface area contributed by atoms with E-state index in [1.165, 1.54) is 17.0 Å². The van der Waals surface area contributed by atoms with Crippen molar-refractivity contribution in [2.75, 3.05) is 30.5 Å². The van der Waals surface area contributed by atoms with E-state index >= 15 is 0 Å². The van der Waals surface area contributed by atoms with Crippen molar-refractivity contribution >= 4 is 44.8 Å². The number of anilines is 1. The van der Waals surface area contributed by atoms with Gasteiger partial charge in [-0.3, -0.25) is 9.52 Å². The molecule has 0 bridgehead atoms. The molecule has 1 amide bonds. The van der Waals surface area contributed by atoms with Crippen LogP contribution in [-0.2, 0) is 10.0 Å². The average Bonchev–Trinajstić information content (AvgIpc) is 2.39. The minimum atomic E-state index is -3.57. The lowest BCUT2D eigenvalue weighted by atomic mass is 10.2. The van der Waals surface area contributed by atoms with Crippen molar-refractivity contribution < 1.29 is 13.2 Å². The summed E-state index contributed by atoms with van der Waals surface area (Å²) in [4.78, 5) is 13.3. The van der Waals surface area contributed by atoms with Gasteiger partial charge < -0.3 is 4.90 Å². The van der Waals surface area contributed by atoms with Gasteiger partial charge in [-0.2, -0.15) is 0 Å². The predicted molar refractivity (Wildman–Crippen MR) is 86.8 cm³/mol. The van der Waals surface area contributed by atoms with Crippen LogP contribution in [-0.4, -0.2) is 45.0 Å². The quantitative estimate of drug-likeness (QED) is 0.800. The highest BCUT2D eigenvalue weighted by molar-refractivity contribution is 7.92. The van der Waals surface area contributed by atoms with Crippen LogP contribution < -0.4 is 4.72 Å². The molecule has 0 aliphatic heterocycles. The van der Waals surface area contributed by atoms with Crippen LogP contribution in [0, 0.1) is 5.92 Å². The van der Waals surface area contributed by atoms with Crippen molar-refractivity contribution in [3.8, 4) is 0 Å². The minimum Gasteiger partial charge on any atom is -0.345 e. The Morgan fingerprint density at radius 3 is 2.52 bits per heavy atom. The number of nitrogens with zero attached hydrogens (tertiary/aromatic N) is 1. The summed E-state index contributed by atoms with van der Waals surface area (Å²) in [6, 6.07) is 4.46. The number of hydrogen-bond donors (Lipinski definition) is 1. The summed E-state index contributed by atoms with van der Waals surface area (Å²) < 4.78 is 26.4. The molecule has 0 saturated heterocycles. The predicted octanol–water partition coefficient (Wildman–Crippen LogP) is 2.66. The largest absolute Gasteiger partial charge is 0.345 e. The number of benzene rings is 1. The molecule has 1 aromatic rings. The summed E-state index contributed by atoms with van der Waals surface area (Å²) in [6.07, 6.45) is 0. The highest BCUT2D eigenvalue weighted by Crippen LogP contribution is 2.25. The summed E-state index contributed by atoms with van der Waals surface area (Å²) in [6.45, 7) is 1.74. The van der Waals surface area contributed by atoms with E-state index in [4.69, 9.17) is 23.2 Å². The van der Waals surface area contributed by atoms with E-state index in [1.807, 2.05) is 0 Å². The first kappa shape index (κ1) is 18.1. The topological polar surface area (TPSA) is 66.5 Å². The van der Waals surface area contributed by atoms with Crippen LogP contribution in [0.4, 0.5) is 5.69 Å². The summed E-state index contributed by atoms with van der Waals surface area (Å²) in [5, 5.41) is 0.229. The van der Waals surface area contributed by atoms with E-state index in [-0.39, 0.29) is 34.2 Å². The molecule has 0 fully saturated rings. The van der Waals surface area contributed by atoms with Crippen molar-refractivity contribution in [3.05, 3.63) is 28.8 Å². The van der Waals surface area contributed by atoms with Gasteiger partial charge in [0.25, 0.3) is 5.91 Å². The van der Waals surface area contributed by atoms with Crippen molar-refractivity contribution in [1.82, 2.24) is 4.90 Å². The number of hydrogen-bond acceptors (Lipinski definition) is 3. The third-order valence-electron chi connectivity index (χ3n) is 2.65. The standard InChI is InChI=1S/C13H18Cl2N2O3S/c1-9(7-14)8-21(19,20)16-12-6-10(4-5-11(12)15)13(18)17(2)3/h4-6,9,16H,7-8H2,1-3H3. The Bertz CT molecular complexity index is 618. The van der Waals surface area contributed by atoms with Gasteiger partial charge in [0.1, 0.15) is 0 Å². The second-order valence-corrected chi connectivity index (χ2v) is 7.52. The molecular formula is C13H18Cl2N2O3S. The zero-order valence-electron chi connectivity index (χ0n) is 12.1. The number of carbonyl (C=O) groups excluding carboxylic acids is 1. The second kappa shape index (κ2) is 7.33. The normalized spacial score (nSPS) is 12.8. The Morgan fingerprint density at radius 1 is 1.38 bits per heavy atom. The third kappa shape index (κ3) is 5.37. The zero-order chi connectivity index (χ0) is 16.2. The molecular weight excluding hydrogens is 335 g/mol. The molecule has 0 aliphatic carbocycles. The molecule has 0 aliphatic rings. The highest BCUT2D eigenvalue weighted by atomic mass is 35.5. The summed E-state index contributed by atoms with van der Waals surface area (Å²) in [5.74, 6) is -0.289. The maximum atomic E-state index is 12.0. The van der Waals surface area contributed by atoms with Gasteiger partial charge in [0, 0.05) is 25.5 Å². The van der Waals surface area contributed by atoms with Crippen molar-refractivity contribution in [2.24, 2.45) is 5.92 Å². The molecule has 0 spiro atoms. The Balaban J connectivity index is 3.03. The van der Waals surface area contributed by atoms with E-state index in [1.54, 1.807) is 27.1 Å². The molecule has 1 atom stereocenters. The van der Waals surface area contributed by atoms with E-state index in [9.17, 15) is 13.2 Å². The lowest BCUT2D eigenvalue weighted by Gasteiger charge is -2.15. The number of rotatable bonds is 6. The number of alkyl halides is 1. The van der Waals surface area contributed by atoms with Crippen LogP contribution in [0.15, 0.2) is 18.2 Å². The lowest BCUT2D eigenvalue weighted by molar-refractivity contribution is 0.0827. The first-order chi connectivity index (χ1) is 9.66. The minimum absolute atomic E-state index is 0.112.